The third kappa shape index (κ3) is 7.76. The van der Waals surface area contributed by atoms with Gasteiger partial charge in [-0.05, 0) is 73.0 Å². The second-order valence-corrected chi connectivity index (χ2v) is 9.40. The Morgan fingerprint density at radius 3 is 2.39 bits per heavy atom. The van der Waals surface area contributed by atoms with Crippen LogP contribution in [-0.4, -0.2) is 56.3 Å². The van der Waals surface area contributed by atoms with Crippen molar-refractivity contribution >= 4 is 23.4 Å². The van der Waals surface area contributed by atoms with Crippen LogP contribution in [-0.2, 0) is 20.9 Å². The van der Waals surface area contributed by atoms with Crippen molar-refractivity contribution < 1.29 is 33.3 Å². The summed E-state index contributed by atoms with van der Waals surface area (Å²) < 4.78 is 21.7. The van der Waals surface area contributed by atoms with Crippen LogP contribution in [0, 0.1) is 0 Å². The normalized spacial score (nSPS) is 12.4. The summed E-state index contributed by atoms with van der Waals surface area (Å²) in [6, 6.07) is 18.1. The Labute approximate surface area is 239 Å². The Kier molecular flexibility index (Phi) is 10.2. The largest absolute Gasteiger partial charge is 0.497 e. The fourth-order valence-corrected chi connectivity index (χ4v) is 4.47. The number of nitrogens with one attached hydrogen (secondary N) is 2. The van der Waals surface area contributed by atoms with Gasteiger partial charge in [-0.2, -0.15) is 0 Å². The van der Waals surface area contributed by atoms with Crippen LogP contribution >= 0.6 is 0 Å². The molecule has 1 aliphatic heterocycles. The smallest absolute Gasteiger partial charge is 0.255 e. The summed E-state index contributed by atoms with van der Waals surface area (Å²) in [5.74, 6) is 0.939. The van der Waals surface area contributed by atoms with Crippen LogP contribution in [0.2, 0.25) is 0 Å². The molecule has 3 aromatic rings. The van der Waals surface area contributed by atoms with Crippen LogP contribution in [0.15, 0.2) is 66.7 Å². The lowest BCUT2D eigenvalue weighted by Crippen LogP contribution is -2.43. The van der Waals surface area contributed by atoms with Gasteiger partial charge in [-0.3, -0.25) is 14.4 Å². The van der Waals surface area contributed by atoms with Crippen molar-refractivity contribution in [2.24, 2.45) is 0 Å². The molecule has 10 nitrogen and oxygen atoms in total. The molecule has 1 aliphatic rings. The third-order valence-corrected chi connectivity index (χ3v) is 6.46. The zero-order valence-electron chi connectivity index (χ0n) is 23.5. The van der Waals surface area contributed by atoms with Gasteiger partial charge in [-0.25, -0.2) is 0 Å². The van der Waals surface area contributed by atoms with Crippen molar-refractivity contribution in [2.75, 3.05) is 39.0 Å². The summed E-state index contributed by atoms with van der Waals surface area (Å²) in [4.78, 5) is 40.9. The van der Waals surface area contributed by atoms with Gasteiger partial charge < -0.3 is 34.5 Å². The Morgan fingerprint density at radius 2 is 1.71 bits per heavy atom. The molecule has 3 aromatic carbocycles. The SMILES string of the molecule is CCOCCCNC(=O)[C@H](c1ccc(OC)cc1)N(Cc1ccc2c(c1)OCO2)C(=O)c1ccc(NC(C)=O)cc1. The highest BCUT2D eigenvalue weighted by Gasteiger charge is 2.32. The highest BCUT2D eigenvalue weighted by Crippen LogP contribution is 2.34. The van der Waals surface area contributed by atoms with Crippen molar-refractivity contribution in [1.82, 2.24) is 10.2 Å². The van der Waals surface area contributed by atoms with Gasteiger partial charge in [0, 0.05) is 44.5 Å². The molecule has 4 rings (SSSR count). The molecule has 3 amide bonds. The molecule has 1 heterocycles. The number of anilines is 1. The van der Waals surface area contributed by atoms with E-state index in [0.29, 0.717) is 60.2 Å². The van der Waals surface area contributed by atoms with Crippen LogP contribution < -0.4 is 24.8 Å². The monoisotopic (exact) mass is 561 g/mol. The first-order valence-corrected chi connectivity index (χ1v) is 13.5. The van der Waals surface area contributed by atoms with Crippen LogP contribution in [0.1, 0.15) is 47.8 Å². The second-order valence-electron chi connectivity index (χ2n) is 9.40. The number of carbonyl (C=O) groups excluding carboxylic acids is 3. The van der Waals surface area contributed by atoms with Gasteiger partial charge in [-0.1, -0.05) is 18.2 Å². The van der Waals surface area contributed by atoms with Crippen molar-refractivity contribution in [3.8, 4) is 17.2 Å². The maximum absolute atomic E-state index is 14.1. The van der Waals surface area contributed by atoms with Crippen LogP contribution in [0.5, 0.6) is 17.2 Å². The molecule has 0 aromatic heterocycles. The van der Waals surface area contributed by atoms with Gasteiger partial charge in [0.25, 0.3) is 5.91 Å². The van der Waals surface area contributed by atoms with E-state index in [1.54, 1.807) is 61.7 Å². The number of rotatable bonds is 13. The van der Waals surface area contributed by atoms with E-state index in [1.807, 2.05) is 19.1 Å². The first-order chi connectivity index (χ1) is 19.9. The molecule has 216 valence electrons. The number of fused-ring (bicyclic) bond motifs is 1. The molecule has 0 spiro atoms. The maximum atomic E-state index is 14.1. The molecule has 0 bridgehead atoms. The molecular weight excluding hydrogens is 526 g/mol. The average molecular weight is 562 g/mol. The van der Waals surface area contributed by atoms with Gasteiger partial charge in [0.15, 0.2) is 11.5 Å². The zero-order chi connectivity index (χ0) is 29.2. The van der Waals surface area contributed by atoms with E-state index >= 15 is 0 Å². The summed E-state index contributed by atoms with van der Waals surface area (Å²) in [6.45, 7) is 5.08. The number of benzene rings is 3. The molecule has 41 heavy (non-hydrogen) atoms. The van der Waals surface area contributed by atoms with Crippen molar-refractivity contribution in [2.45, 2.75) is 32.9 Å². The first-order valence-electron chi connectivity index (χ1n) is 13.5. The van der Waals surface area contributed by atoms with E-state index in [1.165, 1.54) is 11.8 Å². The molecule has 0 saturated heterocycles. The Bertz CT molecular complexity index is 1340. The molecule has 0 saturated carbocycles. The standard InChI is InChI=1S/C31H35N3O7/c1-4-39-17-5-16-32-30(36)29(23-9-13-26(38-3)14-10-23)34(19-22-6-15-27-28(18-22)41-20-40-27)31(37)24-7-11-25(12-8-24)33-21(2)35/h6-15,18,29H,4-5,16-17,19-20H2,1-3H3,(H,32,36)(H,33,35)/t29-/m0/s1. The molecule has 0 aliphatic carbocycles. The zero-order valence-corrected chi connectivity index (χ0v) is 23.5. The van der Waals surface area contributed by atoms with Gasteiger partial charge in [0.05, 0.1) is 7.11 Å². The molecular formula is C31H35N3O7. The summed E-state index contributed by atoms with van der Waals surface area (Å²) in [5, 5.41) is 5.68. The lowest BCUT2D eigenvalue weighted by molar-refractivity contribution is -0.126. The van der Waals surface area contributed by atoms with Gasteiger partial charge in [0.2, 0.25) is 18.6 Å². The van der Waals surface area contributed by atoms with E-state index in [-0.39, 0.29) is 31.1 Å². The van der Waals surface area contributed by atoms with Crippen LogP contribution in [0.25, 0.3) is 0 Å². The predicted molar refractivity (Wildman–Crippen MR) is 153 cm³/mol. The highest BCUT2D eigenvalue weighted by atomic mass is 16.7. The van der Waals surface area contributed by atoms with Gasteiger partial charge in [0.1, 0.15) is 11.8 Å². The quantitative estimate of drug-likeness (QED) is 0.299. The van der Waals surface area contributed by atoms with E-state index in [2.05, 4.69) is 10.6 Å². The maximum Gasteiger partial charge on any atom is 0.255 e. The molecule has 0 radical (unpaired) electrons. The van der Waals surface area contributed by atoms with Crippen molar-refractivity contribution in [3.05, 3.63) is 83.4 Å². The van der Waals surface area contributed by atoms with Gasteiger partial charge >= 0.3 is 0 Å². The number of hydrogen-bond acceptors (Lipinski definition) is 7. The number of ether oxygens (including phenoxy) is 4. The minimum absolute atomic E-state index is 0.117. The number of nitrogens with zero attached hydrogens (tertiary/aromatic N) is 1. The van der Waals surface area contributed by atoms with Crippen LogP contribution in [0.3, 0.4) is 0 Å². The Hall–Kier alpha value is -4.57. The lowest BCUT2D eigenvalue weighted by Gasteiger charge is -2.32. The number of amides is 3. The summed E-state index contributed by atoms with van der Waals surface area (Å²) in [6.07, 6.45) is 0.635. The second kappa shape index (κ2) is 14.2. The van der Waals surface area contributed by atoms with E-state index in [4.69, 9.17) is 18.9 Å². The molecule has 0 unspecified atom stereocenters. The molecule has 0 fully saturated rings. The fraction of sp³-hybridized carbons (Fsp3) is 0.323. The fourth-order valence-electron chi connectivity index (χ4n) is 4.47. The number of carbonyl (C=O) groups is 3. The molecule has 2 N–H and O–H groups in total. The van der Waals surface area contributed by atoms with Crippen molar-refractivity contribution in [3.63, 3.8) is 0 Å². The summed E-state index contributed by atoms with van der Waals surface area (Å²) in [7, 11) is 1.57. The highest BCUT2D eigenvalue weighted by molar-refractivity contribution is 5.98. The Balaban J connectivity index is 1.70. The Morgan fingerprint density at radius 1 is 0.976 bits per heavy atom. The van der Waals surface area contributed by atoms with Crippen molar-refractivity contribution in [1.29, 1.82) is 0 Å². The third-order valence-electron chi connectivity index (χ3n) is 6.46. The summed E-state index contributed by atoms with van der Waals surface area (Å²) >= 11 is 0. The summed E-state index contributed by atoms with van der Waals surface area (Å²) in [5.41, 5.74) is 2.31. The minimum Gasteiger partial charge on any atom is -0.497 e. The average Bonchev–Trinajstić information content (AvgIpc) is 3.45. The van der Waals surface area contributed by atoms with E-state index < -0.39 is 6.04 Å². The predicted octanol–water partition coefficient (Wildman–Crippen LogP) is 4.31. The number of methoxy groups -OCH3 is 1. The van der Waals surface area contributed by atoms with Gasteiger partial charge in [-0.15, -0.1) is 0 Å². The topological polar surface area (TPSA) is 115 Å². The minimum atomic E-state index is -0.957. The first kappa shape index (κ1) is 29.4. The lowest BCUT2D eigenvalue weighted by atomic mass is 10.0. The van der Waals surface area contributed by atoms with Crippen LogP contribution in [0.4, 0.5) is 5.69 Å². The molecule has 1 atom stereocenters. The molecule has 10 heteroatoms. The van der Waals surface area contributed by atoms with E-state index in [0.717, 1.165) is 5.56 Å². The van der Waals surface area contributed by atoms with E-state index in [9.17, 15) is 14.4 Å². The number of hydrogen-bond donors (Lipinski definition) is 2.